The molecule has 1 saturated heterocycles. The van der Waals surface area contributed by atoms with E-state index in [9.17, 15) is 4.79 Å². The Kier molecular flexibility index (Phi) is 3.53. The molecule has 88 valence electrons. The third-order valence-electron chi connectivity index (χ3n) is 2.67. The first-order chi connectivity index (χ1) is 7.75. The van der Waals surface area contributed by atoms with E-state index in [4.69, 9.17) is 0 Å². The monoisotopic (exact) mass is 223 g/mol. The Morgan fingerprint density at radius 1 is 1.56 bits per heavy atom. The van der Waals surface area contributed by atoms with Crippen LogP contribution in [-0.4, -0.2) is 53.3 Å². The van der Waals surface area contributed by atoms with Gasteiger partial charge < -0.3 is 10.6 Å². The second-order valence-corrected chi connectivity index (χ2v) is 3.91. The summed E-state index contributed by atoms with van der Waals surface area (Å²) in [4.78, 5) is 13.9. The summed E-state index contributed by atoms with van der Waals surface area (Å²) in [5, 5.41) is 10.1. The van der Waals surface area contributed by atoms with E-state index in [2.05, 4.69) is 20.6 Å². The molecule has 0 aromatic carbocycles. The maximum Gasteiger partial charge on any atom is 0.239 e. The Bertz CT molecular complexity index is 356. The number of carbonyl (C=O) groups excluding carboxylic acids is 1. The van der Waals surface area contributed by atoms with Crippen molar-refractivity contribution < 1.29 is 4.79 Å². The molecule has 0 spiro atoms. The SMILES string of the molecule is Cn1nccc1NC(=O)CN1CCNCC1. The predicted octanol–water partition coefficient (Wildman–Crippen LogP) is -0.736. The Morgan fingerprint density at radius 3 is 2.94 bits per heavy atom. The Labute approximate surface area is 94.6 Å². The number of anilines is 1. The minimum absolute atomic E-state index is 0.0190. The highest BCUT2D eigenvalue weighted by atomic mass is 16.2. The standard InChI is InChI=1S/C10H17N5O/c1-14-9(2-3-12-14)13-10(16)8-15-6-4-11-5-7-15/h2-3,11H,4-8H2,1H3,(H,13,16). The Balaban J connectivity index is 1.82. The number of aryl methyl sites for hydroxylation is 1. The summed E-state index contributed by atoms with van der Waals surface area (Å²) < 4.78 is 1.65. The van der Waals surface area contributed by atoms with E-state index in [0.717, 1.165) is 32.0 Å². The molecular formula is C10H17N5O. The summed E-state index contributed by atoms with van der Waals surface area (Å²) in [6.07, 6.45) is 1.67. The summed E-state index contributed by atoms with van der Waals surface area (Å²) in [6, 6.07) is 1.79. The molecule has 0 aliphatic carbocycles. The molecule has 16 heavy (non-hydrogen) atoms. The fourth-order valence-electron chi connectivity index (χ4n) is 1.75. The molecule has 1 aromatic heterocycles. The fourth-order valence-corrected chi connectivity index (χ4v) is 1.75. The van der Waals surface area contributed by atoms with Gasteiger partial charge in [-0.2, -0.15) is 5.10 Å². The summed E-state index contributed by atoms with van der Waals surface area (Å²) in [6.45, 7) is 4.22. The largest absolute Gasteiger partial charge is 0.314 e. The van der Waals surface area contributed by atoms with E-state index in [1.165, 1.54) is 0 Å². The lowest BCUT2D eigenvalue weighted by atomic mass is 10.3. The molecule has 1 aromatic rings. The number of nitrogens with zero attached hydrogens (tertiary/aromatic N) is 3. The molecule has 6 nitrogen and oxygen atoms in total. The van der Waals surface area contributed by atoms with Crippen LogP contribution in [0.15, 0.2) is 12.3 Å². The highest BCUT2D eigenvalue weighted by molar-refractivity contribution is 5.91. The van der Waals surface area contributed by atoms with E-state index in [1.807, 2.05) is 0 Å². The maximum absolute atomic E-state index is 11.7. The highest BCUT2D eigenvalue weighted by Crippen LogP contribution is 2.03. The lowest BCUT2D eigenvalue weighted by Gasteiger charge is -2.26. The molecule has 0 radical (unpaired) electrons. The molecule has 6 heteroatoms. The average Bonchev–Trinajstić information content (AvgIpc) is 2.66. The zero-order valence-electron chi connectivity index (χ0n) is 9.44. The zero-order chi connectivity index (χ0) is 11.4. The fraction of sp³-hybridized carbons (Fsp3) is 0.600. The smallest absolute Gasteiger partial charge is 0.239 e. The summed E-state index contributed by atoms with van der Waals surface area (Å²) >= 11 is 0. The quantitative estimate of drug-likeness (QED) is 0.709. The topological polar surface area (TPSA) is 62.2 Å². The molecule has 2 N–H and O–H groups in total. The minimum Gasteiger partial charge on any atom is -0.314 e. The molecule has 1 aliphatic rings. The van der Waals surface area contributed by atoms with Crippen molar-refractivity contribution in [1.82, 2.24) is 20.0 Å². The summed E-state index contributed by atoms with van der Waals surface area (Å²) in [7, 11) is 1.81. The lowest BCUT2D eigenvalue weighted by molar-refractivity contribution is -0.117. The number of rotatable bonds is 3. The number of piperazine rings is 1. The Morgan fingerprint density at radius 2 is 2.31 bits per heavy atom. The van der Waals surface area contributed by atoms with Gasteiger partial charge in [0.25, 0.3) is 0 Å². The first-order valence-electron chi connectivity index (χ1n) is 5.46. The maximum atomic E-state index is 11.7. The van der Waals surface area contributed by atoms with Gasteiger partial charge in [0.05, 0.1) is 12.7 Å². The minimum atomic E-state index is 0.0190. The zero-order valence-corrected chi connectivity index (χ0v) is 9.44. The van der Waals surface area contributed by atoms with Crippen LogP contribution in [0.25, 0.3) is 0 Å². The molecule has 0 unspecified atom stereocenters. The number of hydrogen-bond donors (Lipinski definition) is 2. The Hall–Kier alpha value is -1.40. The molecule has 1 amide bonds. The van der Waals surface area contributed by atoms with Crippen LogP contribution in [0.1, 0.15) is 0 Å². The van der Waals surface area contributed by atoms with Crippen LogP contribution < -0.4 is 10.6 Å². The van der Waals surface area contributed by atoms with Gasteiger partial charge in [-0.15, -0.1) is 0 Å². The van der Waals surface area contributed by atoms with Crippen molar-refractivity contribution in [2.75, 3.05) is 38.0 Å². The van der Waals surface area contributed by atoms with Gasteiger partial charge in [-0.05, 0) is 0 Å². The first kappa shape index (κ1) is 11.1. The van der Waals surface area contributed by atoms with E-state index < -0.39 is 0 Å². The molecule has 1 aliphatic heterocycles. The number of hydrogen-bond acceptors (Lipinski definition) is 4. The van der Waals surface area contributed by atoms with Crippen LogP contribution >= 0.6 is 0 Å². The van der Waals surface area contributed by atoms with Gasteiger partial charge in [0, 0.05) is 39.3 Å². The number of nitrogens with one attached hydrogen (secondary N) is 2. The van der Waals surface area contributed by atoms with E-state index >= 15 is 0 Å². The molecule has 2 heterocycles. The lowest BCUT2D eigenvalue weighted by Crippen LogP contribution is -2.46. The van der Waals surface area contributed by atoms with Gasteiger partial charge in [0.1, 0.15) is 5.82 Å². The van der Waals surface area contributed by atoms with Crippen molar-refractivity contribution in [2.45, 2.75) is 0 Å². The average molecular weight is 223 g/mol. The van der Waals surface area contributed by atoms with Crippen LogP contribution in [0.3, 0.4) is 0 Å². The second kappa shape index (κ2) is 5.09. The number of carbonyl (C=O) groups is 1. The predicted molar refractivity (Wildman–Crippen MR) is 61.1 cm³/mol. The molecule has 0 atom stereocenters. The van der Waals surface area contributed by atoms with Gasteiger partial charge in [-0.1, -0.05) is 0 Å². The number of aromatic nitrogens is 2. The first-order valence-corrected chi connectivity index (χ1v) is 5.46. The van der Waals surface area contributed by atoms with Gasteiger partial charge in [-0.3, -0.25) is 14.4 Å². The van der Waals surface area contributed by atoms with Crippen LogP contribution in [-0.2, 0) is 11.8 Å². The third-order valence-corrected chi connectivity index (χ3v) is 2.67. The van der Waals surface area contributed by atoms with Crippen molar-refractivity contribution in [2.24, 2.45) is 7.05 Å². The molecular weight excluding hydrogens is 206 g/mol. The van der Waals surface area contributed by atoms with Gasteiger partial charge >= 0.3 is 0 Å². The molecule has 2 rings (SSSR count). The molecule has 0 saturated carbocycles. The van der Waals surface area contributed by atoms with Crippen LogP contribution in [0, 0.1) is 0 Å². The van der Waals surface area contributed by atoms with Crippen molar-refractivity contribution in [1.29, 1.82) is 0 Å². The van der Waals surface area contributed by atoms with Gasteiger partial charge in [-0.25, -0.2) is 0 Å². The van der Waals surface area contributed by atoms with Crippen LogP contribution in [0.2, 0.25) is 0 Å². The van der Waals surface area contributed by atoms with E-state index in [0.29, 0.717) is 6.54 Å². The number of amides is 1. The van der Waals surface area contributed by atoms with Crippen LogP contribution in [0.5, 0.6) is 0 Å². The summed E-state index contributed by atoms with van der Waals surface area (Å²) in [5.74, 6) is 0.755. The van der Waals surface area contributed by atoms with Crippen molar-refractivity contribution in [3.63, 3.8) is 0 Å². The van der Waals surface area contributed by atoms with Crippen molar-refractivity contribution in [3.8, 4) is 0 Å². The third kappa shape index (κ3) is 2.80. The normalized spacial score (nSPS) is 17.3. The summed E-state index contributed by atoms with van der Waals surface area (Å²) in [5.41, 5.74) is 0. The van der Waals surface area contributed by atoms with Crippen molar-refractivity contribution >= 4 is 11.7 Å². The second-order valence-electron chi connectivity index (χ2n) is 3.91. The molecule has 0 bridgehead atoms. The van der Waals surface area contributed by atoms with Crippen molar-refractivity contribution in [3.05, 3.63) is 12.3 Å². The highest BCUT2D eigenvalue weighted by Gasteiger charge is 2.13. The van der Waals surface area contributed by atoms with Crippen LogP contribution in [0.4, 0.5) is 5.82 Å². The van der Waals surface area contributed by atoms with E-state index in [1.54, 1.807) is 24.0 Å². The van der Waals surface area contributed by atoms with Gasteiger partial charge in [0.15, 0.2) is 0 Å². The van der Waals surface area contributed by atoms with Gasteiger partial charge in [0.2, 0.25) is 5.91 Å². The molecule has 1 fully saturated rings. The van der Waals surface area contributed by atoms with E-state index in [-0.39, 0.29) is 5.91 Å².